The van der Waals surface area contributed by atoms with Gasteiger partial charge in [-0.3, -0.25) is 4.98 Å². The smallest absolute Gasteiger partial charge is 0.210 e. The van der Waals surface area contributed by atoms with Crippen LogP contribution >= 0.6 is 0 Å². The molecule has 2 N–H and O–H groups in total. The number of hydrogen-bond acceptors (Lipinski definition) is 4. The van der Waals surface area contributed by atoms with Gasteiger partial charge in [0.05, 0.1) is 22.9 Å². The topological polar surface area (TPSA) is 60.0 Å². The second-order valence-electron chi connectivity index (χ2n) is 4.61. The molecule has 0 fully saturated rings. The lowest BCUT2D eigenvalue weighted by Crippen LogP contribution is -2.18. The van der Waals surface area contributed by atoms with Crippen molar-refractivity contribution < 1.29 is 0 Å². The van der Waals surface area contributed by atoms with Crippen LogP contribution < -0.4 is 10.6 Å². The van der Waals surface area contributed by atoms with E-state index in [-0.39, 0.29) is 0 Å². The molecule has 0 amide bonds. The first kappa shape index (κ1) is 12.6. The number of nitrogens with zero attached hydrogens (tertiary/aromatic N) is 4. The van der Waals surface area contributed by atoms with E-state index >= 15 is 0 Å². The maximum Gasteiger partial charge on any atom is 0.210 e. The molecule has 0 unspecified atom stereocenters. The molecule has 2 aromatic heterocycles. The molecular weight excluding hydrogens is 250 g/mol. The number of aromatic nitrogens is 3. The number of fused-ring (bicyclic) bond motifs is 1. The summed E-state index contributed by atoms with van der Waals surface area (Å²) in [6.45, 7) is 1.31. The van der Waals surface area contributed by atoms with Gasteiger partial charge >= 0.3 is 0 Å². The SMILES string of the molecule is CN(c1cccnc1)c1nc2ccccc2n1CCN. The number of para-hydroxylation sites is 2. The quantitative estimate of drug-likeness (QED) is 0.787. The third kappa shape index (κ3) is 2.12. The van der Waals surface area contributed by atoms with Crippen molar-refractivity contribution in [2.75, 3.05) is 18.5 Å². The van der Waals surface area contributed by atoms with E-state index in [4.69, 9.17) is 10.7 Å². The fraction of sp³-hybridized carbons (Fsp3) is 0.200. The third-order valence-electron chi connectivity index (χ3n) is 3.32. The van der Waals surface area contributed by atoms with Crippen LogP contribution in [-0.4, -0.2) is 28.1 Å². The Kier molecular flexibility index (Phi) is 3.35. The van der Waals surface area contributed by atoms with Gasteiger partial charge < -0.3 is 15.2 Å². The molecule has 5 nitrogen and oxygen atoms in total. The highest BCUT2D eigenvalue weighted by Crippen LogP contribution is 2.26. The van der Waals surface area contributed by atoms with Crippen molar-refractivity contribution in [2.24, 2.45) is 5.73 Å². The molecule has 2 heterocycles. The second kappa shape index (κ2) is 5.30. The molecule has 0 aliphatic rings. The number of pyridine rings is 1. The standard InChI is InChI=1S/C15H17N5/c1-19(12-5-4-9-17-11-12)15-18-13-6-2-3-7-14(13)20(15)10-8-16/h2-7,9,11H,8,10,16H2,1H3. The molecule has 5 heteroatoms. The third-order valence-corrected chi connectivity index (χ3v) is 3.32. The normalized spacial score (nSPS) is 10.9. The lowest BCUT2D eigenvalue weighted by Gasteiger charge is -2.19. The van der Waals surface area contributed by atoms with Crippen molar-refractivity contribution in [3.8, 4) is 0 Å². The maximum absolute atomic E-state index is 5.74. The Balaban J connectivity index is 2.12. The van der Waals surface area contributed by atoms with Crippen molar-refractivity contribution in [3.63, 3.8) is 0 Å². The molecular formula is C15H17N5. The predicted molar refractivity (Wildman–Crippen MR) is 81.1 cm³/mol. The van der Waals surface area contributed by atoms with Crippen molar-refractivity contribution >= 4 is 22.7 Å². The first-order chi connectivity index (χ1) is 9.81. The minimum atomic E-state index is 0.578. The highest BCUT2D eigenvalue weighted by molar-refractivity contribution is 5.80. The van der Waals surface area contributed by atoms with E-state index in [1.54, 1.807) is 6.20 Å². The van der Waals surface area contributed by atoms with Crippen LogP contribution in [0.25, 0.3) is 11.0 Å². The van der Waals surface area contributed by atoms with Gasteiger partial charge in [0.15, 0.2) is 0 Å². The summed E-state index contributed by atoms with van der Waals surface area (Å²) >= 11 is 0. The Morgan fingerprint density at radius 2 is 2.05 bits per heavy atom. The fourth-order valence-electron chi connectivity index (χ4n) is 2.34. The van der Waals surface area contributed by atoms with Gasteiger partial charge in [-0.2, -0.15) is 0 Å². The zero-order valence-corrected chi connectivity index (χ0v) is 11.4. The van der Waals surface area contributed by atoms with Crippen LogP contribution in [0.4, 0.5) is 11.6 Å². The first-order valence-corrected chi connectivity index (χ1v) is 6.60. The largest absolute Gasteiger partial charge is 0.329 e. The van der Waals surface area contributed by atoms with E-state index in [2.05, 4.69) is 15.6 Å². The zero-order chi connectivity index (χ0) is 13.9. The highest BCUT2D eigenvalue weighted by atomic mass is 15.3. The molecule has 1 aromatic carbocycles. The van der Waals surface area contributed by atoms with Crippen LogP contribution in [0.2, 0.25) is 0 Å². The van der Waals surface area contributed by atoms with E-state index in [1.807, 2.05) is 48.5 Å². The Morgan fingerprint density at radius 3 is 2.80 bits per heavy atom. The average Bonchev–Trinajstić information content (AvgIpc) is 2.87. The molecule has 0 spiro atoms. The average molecular weight is 267 g/mol. The van der Waals surface area contributed by atoms with Gasteiger partial charge in [-0.25, -0.2) is 4.98 Å². The van der Waals surface area contributed by atoms with Crippen LogP contribution in [0.1, 0.15) is 0 Å². The Labute approximate surface area is 117 Å². The number of imidazole rings is 1. The maximum atomic E-state index is 5.74. The fourth-order valence-corrected chi connectivity index (χ4v) is 2.34. The summed E-state index contributed by atoms with van der Waals surface area (Å²) in [5.41, 5.74) is 8.82. The van der Waals surface area contributed by atoms with Gasteiger partial charge in [0, 0.05) is 26.3 Å². The van der Waals surface area contributed by atoms with Gasteiger partial charge in [-0.1, -0.05) is 12.1 Å². The summed E-state index contributed by atoms with van der Waals surface area (Å²) in [5, 5.41) is 0. The number of benzene rings is 1. The summed E-state index contributed by atoms with van der Waals surface area (Å²) in [6.07, 6.45) is 3.59. The number of nitrogens with two attached hydrogens (primary N) is 1. The van der Waals surface area contributed by atoms with E-state index in [0.717, 1.165) is 29.2 Å². The Morgan fingerprint density at radius 1 is 1.20 bits per heavy atom. The van der Waals surface area contributed by atoms with Gasteiger partial charge in [0.1, 0.15) is 0 Å². The molecule has 20 heavy (non-hydrogen) atoms. The predicted octanol–water partition coefficient (Wildman–Crippen LogP) is 2.16. The zero-order valence-electron chi connectivity index (χ0n) is 11.4. The summed E-state index contributed by atoms with van der Waals surface area (Å²) in [5.74, 6) is 0.879. The van der Waals surface area contributed by atoms with Crippen molar-refractivity contribution in [1.29, 1.82) is 0 Å². The number of hydrogen-bond donors (Lipinski definition) is 1. The van der Waals surface area contributed by atoms with Crippen LogP contribution in [0, 0.1) is 0 Å². The molecule has 0 atom stereocenters. The molecule has 0 aliphatic carbocycles. The lowest BCUT2D eigenvalue weighted by atomic mass is 10.3. The molecule has 0 aliphatic heterocycles. The van der Waals surface area contributed by atoms with Crippen molar-refractivity contribution in [1.82, 2.24) is 14.5 Å². The summed E-state index contributed by atoms with van der Waals surface area (Å²) in [6, 6.07) is 12.0. The Bertz CT molecular complexity index is 705. The summed E-state index contributed by atoms with van der Waals surface area (Å²) in [4.78, 5) is 10.9. The second-order valence-corrected chi connectivity index (χ2v) is 4.61. The minimum absolute atomic E-state index is 0.578. The first-order valence-electron chi connectivity index (χ1n) is 6.60. The van der Waals surface area contributed by atoms with Crippen molar-refractivity contribution in [2.45, 2.75) is 6.54 Å². The van der Waals surface area contributed by atoms with E-state index in [0.29, 0.717) is 6.54 Å². The van der Waals surface area contributed by atoms with Gasteiger partial charge in [0.2, 0.25) is 5.95 Å². The van der Waals surface area contributed by atoms with E-state index in [9.17, 15) is 0 Å². The molecule has 0 bridgehead atoms. The number of anilines is 2. The summed E-state index contributed by atoms with van der Waals surface area (Å²) < 4.78 is 2.14. The van der Waals surface area contributed by atoms with Crippen LogP contribution in [0.15, 0.2) is 48.8 Å². The molecule has 102 valence electrons. The van der Waals surface area contributed by atoms with Crippen molar-refractivity contribution in [3.05, 3.63) is 48.8 Å². The lowest BCUT2D eigenvalue weighted by molar-refractivity contribution is 0.723. The van der Waals surface area contributed by atoms with Crippen LogP contribution in [0.5, 0.6) is 0 Å². The van der Waals surface area contributed by atoms with E-state index in [1.165, 1.54) is 0 Å². The number of rotatable bonds is 4. The Hall–Kier alpha value is -2.40. The van der Waals surface area contributed by atoms with Gasteiger partial charge in [0.25, 0.3) is 0 Å². The van der Waals surface area contributed by atoms with Crippen LogP contribution in [0.3, 0.4) is 0 Å². The van der Waals surface area contributed by atoms with Gasteiger partial charge in [-0.15, -0.1) is 0 Å². The molecule has 0 radical (unpaired) electrons. The van der Waals surface area contributed by atoms with Crippen LogP contribution in [-0.2, 0) is 6.54 Å². The molecule has 3 aromatic rings. The van der Waals surface area contributed by atoms with Gasteiger partial charge in [-0.05, 0) is 24.3 Å². The monoisotopic (exact) mass is 267 g/mol. The molecule has 3 rings (SSSR count). The highest BCUT2D eigenvalue weighted by Gasteiger charge is 2.14. The van der Waals surface area contributed by atoms with E-state index < -0.39 is 0 Å². The molecule has 0 saturated carbocycles. The minimum Gasteiger partial charge on any atom is -0.329 e. The summed E-state index contributed by atoms with van der Waals surface area (Å²) in [7, 11) is 1.99. The molecule has 0 saturated heterocycles.